The Kier molecular flexibility index (Phi) is 4.49. The van der Waals surface area contributed by atoms with Gasteiger partial charge in [0.15, 0.2) is 0 Å². The number of nitrogens with one attached hydrogen (secondary N) is 1. The summed E-state index contributed by atoms with van der Waals surface area (Å²) in [5.74, 6) is 1.59. The number of aromatic nitrogens is 2. The molecule has 1 aromatic rings. The fourth-order valence-corrected chi connectivity index (χ4v) is 3.72. The summed E-state index contributed by atoms with van der Waals surface area (Å²) in [5.41, 5.74) is 1.31. The highest BCUT2D eigenvalue weighted by atomic mass is 79.9. The van der Waals surface area contributed by atoms with Crippen molar-refractivity contribution in [2.45, 2.75) is 52.1 Å². The van der Waals surface area contributed by atoms with Crippen molar-refractivity contribution in [2.75, 3.05) is 7.05 Å². The first-order chi connectivity index (χ1) is 8.54. The van der Waals surface area contributed by atoms with Crippen LogP contribution in [0.1, 0.15) is 57.8 Å². The Balaban J connectivity index is 2.29. The summed E-state index contributed by atoms with van der Waals surface area (Å²) < 4.78 is 3.28. The van der Waals surface area contributed by atoms with Gasteiger partial charge in [-0.2, -0.15) is 5.10 Å². The van der Waals surface area contributed by atoms with E-state index in [0.717, 1.165) is 16.3 Å². The summed E-state index contributed by atoms with van der Waals surface area (Å²) >= 11 is 3.67. The van der Waals surface area contributed by atoms with E-state index < -0.39 is 0 Å². The van der Waals surface area contributed by atoms with Crippen LogP contribution < -0.4 is 5.32 Å². The Morgan fingerprint density at radius 2 is 2.17 bits per heavy atom. The fourth-order valence-electron chi connectivity index (χ4n) is 3.20. The first kappa shape index (κ1) is 14.1. The first-order valence-corrected chi connectivity index (χ1v) is 7.74. The molecule has 1 aliphatic carbocycles. The maximum atomic E-state index is 4.50. The molecule has 1 aromatic heterocycles. The molecule has 0 spiro atoms. The Morgan fingerprint density at radius 3 is 2.67 bits per heavy atom. The van der Waals surface area contributed by atoms with E-state index in [0.29, 0.717) is 12.1 Å². The van der Waals surface area contributed by atoms with E-state index in [2.05, 4.69) is 58.8 Å². The van der Waals surface area contributed by atoms with Gasteiger partial charge in [-0.25, -0.2) is 0 Å². The number of hydrogen-bond donors (Lipinski definition) is 1. The minimum absolute atomic E-state index is 0.404. The van der Waals surface area contributed by atoms with Gasteiger partial charge in [0.2, 0.25) is 0 Å². The molecule has 1 aliphatic rings. The average Bonchev–Trinajstić information content (AvgIpc) is 2.88. The number of nitrogens with zero attached hydrogens (tertiary/aromatic N) is 2. The van der Waals surface area contributed by atoms with E-state index in [-0.39, 0.29) is 0 Å². The quantitative estimate of drug-likeness (QED) is 0.913. The maximum Gasteiger partial charge on any atom is 0.0701 e. The van der Waals surface area contributed by atoms with Crippen molar-refractivity contribution in [1.29, 1.82) is 0 Å². The van der Waals surface area contributed by atoms with Crippen molar-refractivity contribution < 1.29 is 0 Å². The predicted molar refractivity (Wildman–Crippen MR) is 78.6 cm³/mol. The zero-order valence-corrected chi connectivity index (χ0v) is 13.4. The zero-order valence-electron chi connectivity index (χ0n) is 11.8. The standard InChI is InChI=1S/C14H24BrN3/c1-9(2)18-14(12(15)8-17-18)13(16-4)11-6-5-10(3)7-11/h8-11,13,16H,5-7H2,1-4H3. The smallest absolute Gasteiger partial charge is 0.0701 e. The zero-order chi connectivity index (χ0) is 13.3. The lowest BCUT2D eigenvalue weighted by Crippen LogP contribution is -2.27. The second-order valence-electron chi connectivity index (χ2n) is 5.86. The monoisotopic (exact) mass is 313 g/mol. The Morgan fingerprint density at radius 1 is 1.44 bits per heavy atom. The lowest BCUT2D eigenvalue weighted by atomic mass is 9.94. The summed E-state index contributed by atoms with van der Waals surface area (Å²) in [5, 5.41) is 8.02. The van der Waals surface area contributed by atoms with Crippen molar-refractivity contribution in [3.05, 3.63) is 16.4 Å². The van der Waals surface area contributed by atoms with Crippen molar-refractivity contribution in [1.82, 2.24) is 15.1 Å². The second kappa shape index (κ2) is 5.74. The highest BCUT2D eigenvalue weighted by Crippen LogP contribution is 2.41. The van der Waals surface area contributed by atoms with Crippen LogP contribution in [0, 0.1) is 11.8 Å². The highest BCUT2D eigenvalue weighted by molar-refractivity contribution is 9.10. The molecule has 0 radical (unpaired) electrons. The fraction of sp³-hybridized carbons (Fsp3) is 0.786. The van der Waals surface area contributed by atoms with E-state index in [4.69, 9.17) is 0 Å². The lowest BCUT2D eigenvalue weighted by Gasteiger charge is -2.26. The molecule has 1 saturated carbocycles. The van der Waals surface area contributed by atoms with Crippen LogP contribution in [0.5, 0.6) is 0 Å². The van der Waals surface area contributed by atoms with E-state index in [1.165, 1.54) is 25.0 Å². The predicted octanol–water partition coefficient (Wildman–Crippen LogP) is 3.92. The number of hydrogen-bond acceptors (Lipinski definition) is 2. The lowest BCUT2D eigenvalue weighted by molar-refractivity contribution is 0.346. The van der Waals surface area contributed by atoms with Gasteiger partial charge >= 0.3 is 0 Å². The van der Waals surface area contributed by atoms with Crippen LogP contribution in [0.15, 0.2) is 10.7 Å². The van der Waals surface area contributed by atoms with Gasteiger partial charge in [0.1, 0.15) is 0 Å². The SMILES string of the molecule is CNC(c1c(Br)cnn1C(C)C)C1CCC(C)C1. The number of rotatable bonds is 4. The van der Waals surface area contributed by atoms with Crippen molar-refractivity contribution in [3.8, 4) is 0 Å². The van der Waals surface area contributed by atoms with Crippen LogP contribution in [-0.2, 0) is 0 Å². The molecule has 2 rings (SSSR count). The third-order valence-corrected chi connectivity index (χ3v) is 4.70. The van der Waals surface area contributed by atoms with Gasteiger partial charge < -0.3 is 5.32 Å². The molecule has 18 heavy (non-hydrogen) atoms. The molecule has 3 atom stereocenters. The van der Waals surface area contributed by atoms with Crippen molar-refractivity contribution >= 4 is 15.9 Å². The Labute approximate surface area is 118 Å². The van der Waals surface area contributed by atoms with Gasteiger partial charge in [-0.1, -0.05) is 13.3 Å². The minimum Gasteiger partial charge on any atom is -0.311 e. The largest absolute Gasteiger partial charge is 0.311 e. The Bertz CT molecular complexity index is 400. The van der Waals surface area contributed by atoms with Gasteiger partial charge in [-0.05, 0) is 61.5 Å². The molecule has 102 valence electrons. The summed E-state index contributed by atoms with van der Waals surface area (Å²) in [6, 6.07) is 0.815. The third kappa shape index (κ3) is 2.64. The second-order valence-corrected chi connectivity index (χ2v) is 6.72. The minimum atomic E-state index is 0.404. The van der Waals surface area contributed by atoms with Crippen LogP contribution in [0.3, 0.4) is 0 Å². The topological polar surface area (TPSA) is 29.9 Å². The molecule has 0 saturated heterocycles. The van der Waals surface area contributed by atoms with Crippen LogP contribution >= 0.6 is 15.9 Å². The molecule has 0 aromatic carbocycles. The third-order valence-electron chi connectivity index (χ3n) is 4.09. The van der Waals surface area contributed by atoms with Crippen LogP contribution in [0.2, 0.25) is 0 Å². The molecule has 0 bridgehead atoms. The summed E-state index contributed by atoms with van der Waals surface area (Å²) in [6.45, 7) is 6.74. The first-order valence-electron chi connectivity index (χ1n) is 6.94. The molecular formula is C14H24BrN3. The van der Waals surface area contributed by atoms with Gasteiger partial charge in [0.05, 0.1) is 22.4 Å². The molecule has 3 unspecified atom stereocenters. The normalized spacial score (nSPS) is 25.9. The van der Waals surface area contributed by atoms with Crippen LogP contribution in [0.25, 0.3) is 0 Å². The molecule has 1 N–H and O–H groups in total. The molecular weight excluding hydrogens is 290 g/mol. The highest BCUT2D eigenvalue weighted by Gasteiger charge is 2.32. The molecule has 1 heterocycles. The number of halogens is 1. The van der Waals surface area contributed by atoms with Gasteiger partial charge in [0, 0.05) is 6.04 Å². The molecule has 0 aliphatic heterocycles. The summed E-state index contributed by atoms with van der Waals surface area (Å²) in [6.07, 6.45) is 5.93. The van der Waals surface area contributed by atoms with E-state index in [1.807, 2.05) is 6.20 Å². The molecule has 1 fully saturated rings. The molecule has 4 heteroatoms. The van der Waals surface area contributed by atoms with Crippen LogP contribution in [-0.4, -0.2) is 16.8 Å². The average molecular weight is 314 g/mol. The van der Waals surface area contributed by atoms with E-state index in [9.17, 15) is 0 Å². The van der Waals surface area contributed by atoms with Crippen molar-refractivity contribution in [3.63, 3.8) is 0 Å². The van der Waals surface area contributed by atoms with Crippen LogP contribution in [0.4, 0.5) is 0 Å². The van der Waals surface area contributed by atoms with Gasteiger partial charge in [-0.15, -0.1) is 0 Å². The van der Waals surface area contributed by atoms with Gasteiger partial charge in [0.25, 0.3) is 0 Å². The Hall–Kier alpha value is -0.350. The summed E-state index contributed by atoms with van der Waals surface area (Å²) in [7, 11) is 2.07. The van der Waals surface area contributed by atoms with E-state index >= 15 is 0 Å². The van der Waals surface area contributed by atoms with Crippen molar-refractivity contribution in [2.24, 2.45) is 11.8 Å². The molecule has 0 amide bonds. The van der Waals surface area contributed by atoms with Gasteiger partial charge in [-0.3, -0.25) is 4.68 Å². The summed E-state index contributed by atoms with van der Waals surface area (Å²) in [4.78, 5) is 0. The molecule has 3 nitrogen and oxygen atoms in total. The maximum absolute atomic E-state index is 4.50. The van der Waals surface area contributed by atoms with E-state index in [1.54, 1.807) is 0 Å².